The largest absolute Gasteiger partial charge is 0.374 e. The smallest absolute Gasteiger partial charge is 0.144 e. The molecule has 0 amide bonds. The average molecular weight is 439 g/mol. The maximum absolute atomic E-state index is 6.91. The molecule has 0 fully saturated rings. The van der Waals surface area contributed by atoms with Gasteiger partial charge < -0.3 is 9.47 Å². The third-order valence-corrected chi connectivity index (χ3v) is 6.32. The van der Waals surface area contributed by atoms with Crippen LogP contribution >= 0.6 is 0 Å². The lowest BCUT2D eigenvalue weighted by molar-refractivity contribution is -0.133. The van der Waals surface area contributed by atoms with E-state index in [0.29, 0.717) is 0 Å². The standard InChI is InChI=1S/C30H46O2/c1-4-7-10-11-12-19-24-29(31-25-8-5-2)30(32-26-9-6-3,27-20-15-13-16-21-27)28-22-17-14-18-23-28/h13-18,20-23,29H,4-12,19,24-26H2,1-3H3. The van der Waals surface area contributed by atoms with Crippen molar-refractivity contribution < 1.29 is 9.47 Å². The number of hydrogen-bond acceptors (Lipinski definition) is 2. The first-order valence-corrected chi connectivity index (χ1v) is 13.2. The summed E-state index contributed by atoms with van der Waals surface area (Å²) >= 11 is 0. The van der Waals surface area contributed by atoms with Gasteiger partial charge in [-0.2, -0.15) is 0 Å². The topological polar surface area (TPSA) is 18.5 Å². The van der Waals surface area contributed by atoms with Gasteiger partial charge in [0.2, 0.25) is 0 Å². The number of benzene rings is 2. The lowest BCUT2D eigenvalue weighted by Crippen LogP contribution is -2.45. The van der Waals surface area contributed by atoms with Crippen LogP contribution < -0.4 is 0 Å². The summed E-state index contributed by atoms with van der Waals surface area (Å²) in [5, 5.41) is 0. The quantitative estimate of drug-likeness (QED) is 0.217. The fraction of sp³-hybridized carbons (Fsp3) is 0.600. The van der Waals surface area contributed by atoms with Crippen molar-refractivity contribution in [3.05, 3.63) is 71.8 Å². The Kier molecular flexibility index (Phi) is 13.3. The van der Waals surface area contributed by atoms with Crippen LogP contribution in [0.25, 0.3) is 0 Å². The van der Waals surface area contributed by atoms with Crippen molar-refractivity contribution in [3.8, 4) is 0 Å². The highest BCUT2D eigenvalue weighted by molar-refractivity contribution is 5.38. The lowest BCUT2D eigenvalue weighted by Gasteiger charge is -2.42. The van der Waals surface area contributed by atoms with Gasteiger partial charge in [0.15, 0.2) is 0 Å². The molecule has 0 saturated carbocycles. The normalized spacial score (nSPS) is 12.7. The zero-order valence-corrected chi connectivity index (χ0v) is 20.9. The summed E-state index contributed by atoms with van der Waals surface area (Å²) in [6, 6.07) is 21.6. The highest BCUT2D eigenvalue weighted by Crippen LogP contribution is 2.41. The van der Waals surface area contributed by atoms with E-state index < -0.39 is 5.60 Å². The molecule has 1 atom stereocenters. The van der Waals surface area contributed by atoms with Crippen molar-refractivity contribution in [1.29, 1.82) is 0 Å². The molecule has 0 N–H and O–H groups in total. The zero-order chi connectivity index (χ0) is 22.9. The van der Waals surface area contributed by atoms with E-state index in [2.05, 4.69) is 81.4 Å². The first-order chi connectivity index (χ1) is 15.8. The van der Waals surface area contributed by atoms with Crippen molar-refractivity contribution in [2.75, 3.05) is 13.2 Å². The van der Waals surface area contributed by atoms with Crippen LogP contribution in [0.3, 0.4) is 0 Å². The molecule has 2 nitrogen and oxygen atoms in total. The molecule has 178 valence electrons. The first kappa shape index (κ1) is 26.6. The molecule has 0 heterocycles. The molecule has 2 heteroatoms. The van der Waals surface area contributed by atoms with E-state index in [9.17, 15) is 0 Å². The lowest BCUT2D eigenvalue weighted by atomic mass is 9.79. The summed E-state index contributed by atoms with van der Waals surface area (Å²) in [5.41, 5.74) is 1.83. The van der Waals surface area contributed by atoms with Gasteiger partial charge in [-0.3, -0.25) is 0 Å². The molecule has 32 heavy (non-hydrogen) atoms. The SMILES string of the molecule is CCCCCCCCC(OCCCC)C(OCCCC)(c1ccccc1)c1ccccc1. The Morgan fingerprint density at radius 1 is 0.594 bits per heavy atom. The Bertz CT molecular complexity index is 643. The van der Waals surface area contributed by atoms with Crippen LogP contribution in [0.2, 0.25) is 0 Å². The maximum Gasteiger partial charge on any atom is 0.144 e. The van der Waals surface area contributed by atoms with Crippen LogP contribution in [0.1, 0.15) is 103 Å². The van der Waals surface area contributed by atoms with Gasteiger partial charge in [-0.15, -0.1) is 0 Å². The van der Waals surface area contributed by atoms with E-state index in [1.165, 1.54) is 49.7 Å². The second-order valence-electron chi connectivity index (χ2n) is 8.94. The Labute approximate surface area is 197 Å². The van der Waals surface area contributed by atoms with Crippen molar-refractivity contribution >= 4 is 0 Å². The van der Waals surface area contributed by atoms with Crippen LogP contribution in [0.5, 0.6) is 0 Å². The van der Waals surface area contributed by atoms with Crippen LogP contribution in [0.4, 0.5) is 0 Å². The molecule has 0 spiro atoms. The second-order valence-corrected chi connectivity index (χ2v) is 8.94. The van der Waals surface area contributed by atoms with Gasteiger partial charge in [0, 0.05) is 13.2 Å². The predicted octanol–water partition coefficient (Wildman–Crippen LogP) is 8.68. The van der Waals surface area contributed by atoms with E-state index in [-0.39, 0.29) is 6.10 Å². The van der Waals surface area contributed by atoms with Gasteiger partial charge in [0.25, 0.3) is 0 Å². The number of hydrogen-bond donors (Lipinski definition) is 0. The molecular formula is C30H46O2. The Balaban J connectivity index is 2.39. The van der Waals surface area contributed by atoms with Crippen LogP contribution in [0, 0.1) is 0 Å². The third kappa shape index (κ3) is 8.05. The van der Waals surface area contributed by atoms with E-state index >= 15 is 0 Å². The minimum Gasteiger partial charge on any atom is -0.374 e. The van der Waals surface area contributed by atoms with Gasteiger partial charge in [0.1, 0.15) is 5.60 Å². The van der Waals surface area contributed by atoms with Gasteiger partial charge in [-0.05, 0) is 30.4 Å². The Morgan fingerprint density at radius 3 is 1.66 bits per heavy atom. The molecule has 2 aromatic rings. The van der Waals surface area contributed by atoms with Gasteiger partial charge in [0.05, 0.1) is 6.10 Å². The van der Waals surface area contributed by atoms with Crippen LogP contribution in [-0.2, 0) is 15.1 Å². The molecule has 0 bridgehead atoms. The molecule has 0 saturated heterocycles. The Morgan fingerprint density at radius 2 is 1.09 bits per heavy atom. The highest BCUT2D eigenvalue weighted by Gasteiger charge is 2.43. The maximum atomic E-state index is 6.91. The van der Waals surface area contributed by atoms with Gasteiger partial charge >= 0.3 is 0 Å². The fourth-order valence-electron chi connectivity index (χ4n) is 4.43. The zero-order valence-electron chi connectivity index (χ0n) is 20.9. The Hall–Kier alpha value is -1.64. The number of unbranched alkanes of at least 4 members (excludes halogenated alkanes) is 7. The monoisotopic (exact) mass is 438 g/mol. The van der Waals surface area contributed by atoms with E-state index in [1.54, 1.807) is 0 Å². The molecule has 2 rings (SSSR count). The average Bonchev–Trinajstić information content (AvgIpc) is 2.84. The molecule has 1 unspecified atom stereocenters. The first-order valence-electron chi connectivity index (χ1n) is 13.2. The molecular weight excluding hydrogens is 392 g/mol. The summed E-state index contributed by atoms with van der Waals surface area (Å²) < 4.78 is 13.6. The van der Waals surface area contributed by atoms with Gasteiger partial charge in [-0.1, -0.05) is 133 Å². The van der Waals surface area contributed by atoms with Crippen LogP contribution in [0.15, 0.2) is 60.7 Å². The van der Waals surface area contributed by atoms with Crippen LogP contribution in [-0.4, -0.2) is 19.3 Å². The van der Waals surface area contributed by atoms with Crippen molar-refractivity contribution in [2.45, 2.75) is 103 Å². The van der Waals surface area contributed by atoms with Gasteiger partial charge in [-0.25, -0.2) is 0 Å². The number of ether oxygens (including phenoxy) is 2. The summed E-state index contributed by atoms with van der Waals surface area (Å²) in [6.45, 7) is 8.26. The predicted molar refractivity (Wildman–Crippen MR) is 137 cm³/mol. The molecule has 0 aliphatic heterocycles. The van der Waals surface area contributed by atoms with E-state index in [1.807, 2.05) is 0 Å². The third-order valence-electron chi connectivity index (χ3n) is 6.32. The summed E-state index contributed by atoms with van der Waals surface area (Å²) in [6.07, 6.45) is 13.2. The van der Waals surface area contributed by atoms with E-state index in [4.69, 9.17) is 9.47 Å². The molecule has 0 radical (unpaired) electrons. The van der Waals surface area contributed by atoms with Crippen molar-refractivity contribution in [2.24, 2.45) is 0 Å². The molecule has 0 aliphatic carbocycles. The van der Waals surface area contributed by atoms with E-state index in [0.717, 1.165) is 45.3 Å². The molecule has 0 aliphatic rings. The summed E-state index contributed by atoms with van der Waals surface area (Å²) in [7, 11) is 0. The van der Waals surface area contributed by atoms with Crippen molar-refractivity contribution in [3.63, 3.8) is 0 Å². The molecule has 0 aromatic heterocycles. The fourth-order valence-corrected chi connectivity index (χ4v) is 4.43. The highest BCUT2D eigenvalue weighted by atomic mass is 16.5. The second kappa shape index (κ2) is 16.0. The minimum absolute atomic E-state index is 0.00174. The van der Waals surface area contributed by atoms with Crippen molar-refractivity contribution in [1.82, 2.24) is 0 Å². The summed E-state index contributed by atoms with van der Waals surface area (Å²) in [4.78, 5) is 0. The summed E-state index contributed by atoms with van der Waals surface area (Å²) in [5.74, 6) is 0. The molecule has 2 aromatic carbocycles. The minimum atomic E-state index is -0.575. The number of rotatable bonds is 18.